The maximum atomic E-state index is 10.2. The SMILES string of the molecule is CCC1=C(CCl)OC(C=O)O1. The van der Waals surface area contributed by atoms with E-state index in [1.807, 2.05) is 6.92 Å². The third kappa shape index (κ3) is 1.66. The highest BCUT2D eigenvalue weighted by molar-refractivity contribution is 6.19. The second kappa shape index (κ2) is 3.62. The summed E-state index contributed by atoms with van der Waals surface area (Å²) in [5, 5.41) is 0. The first-order chi connectivity index (χ1) is 5.31. The van der Waals surface area contributed by atoms with E-state index in [9.17, 15) is 4.79 Å². The molecule has 0 amide bonds. The first kappa shape index (κ1) is 8.40. The van der Waals surface area contributed by atoms with E-state index in [0.717, 1.165) is 0 Å². The number of carbonyl (C=O) groups is 1. The maximum Gasteiger partial charge on any atom is 0.297 e. The molecule has 1 rings (SSSR count). The average Bonchev–Trinajstić information content (AvgIpc) is 2.46. The molecular weight excluding hydrogens is 168 g/mol. The molecule has 11 heavy (non-hydrogen) atoms. The standard InChI is InChI=1S/C7H9ClO3/c1-2-5-6(3-8)11-7(4-9)10-5/h4,7H,2-3H2,1H3. The van der Waals surface area contributed by atoms with Gasteiger partial charge in [0, 0.05) is 6.42 Å². The molecule has 0 aromatic rings. The van der Waals surface area contributed by atoms with Gasteiger partial charge in [0.1, 0.15) is 5.76 Å². The fourth-order valence-electron chi connectivity index (χ4n) is 0.878. The van der Waals surface area contributed by atoms with E-state index in [2.05, 4.69) is 0 Å². The molecule has 4 heteroatoms. The van der Waals surface area contributed by atoms with Crippen LogP contribution in [0.15, 0.2) is 11.5 Å². The number of hydrogen-bond donors (Lipinski definition) is 0. The molecule has 1 heterocycles. The lowest BCUT2D eigenvalue weighted by Crippen LogP contribution is -2.09. The minimum absolute atomic E-state index is 0.257. The van der Waals surface area contributed by atoms with E-state index in [0.29, 0.717) is 24.2 Å². The van der Waals surface area contributed by atoms with Gasteiger partial charge in [-0.1, -0.05) is 6.92 Å². The zero-order chi connectivity index (χ0) is 8.27. The fourth-order valence-corrected chi connectivity index (χ4v) is 1.09. The van der Waals surface area contributed by atoms with Crippen molar-refractivity contribution in [2.45, 2.75) is 19.6 Å². The number of allylic oxidation sites excluding steroid dienone is 2. The average molecular weight is 177 g/mol. The first-order valence-electron chi connectivity index (χ1n) is 3.38. The molecule has 1 aliphatic heterocycles. The highest BCUT2D eigenvalue weighted by atomic mass is 35.5. The number of halogens is 1. The van der Waals surface area contributed by atoms with Crippen LogP contribution in [0.3, 0.4) is 0 Å². The highest BCUT2D eigenvalue weighted by Crippen LogP contribution is 2.23. The van der Waals surface area contributed by atoms with Crippen molar-refractivity contribution in [1.29, 1.82) is 0 Å². The van der Waals surface area contributed by atoms with Gasteiger partial charge in [0.25, 0.3) is 6.29 Å². The van der Waals surface area contributed by atoms with Gasteiger partial charge in [0.2, 0.25) is 6.29 Å². The van der Waals surface area contributed by atoms with Crippen LogP contribution < -0.4 is 0 Å². The molecule has 3 nitrogen and oxygen atoms in total. The summed E-state index contributed by atoms with van der Waals surface area (Å²) in [6, 6.07) is 0. The van der Waals surface area contributed by atoms with Gasteiger partial charge >= 0.3 is 0 Å². The Morgan fingerprint density at radius 1 is 1.55 bits per heavy atom. The van der Waals surface area contributed by atoms with Crippen LogP contribution in [0.2, 0.25) is 0 Å². The van der Waals surface area contributed by atoms with Crippen molar-refractivity contribution in [3.8, 4) is 0 Å². The minimum Gasteiger partial charge on any atom is -0.449 e. The van der Waals surface area contributed by atoms with Gasteiger partial charge in [-0.05, 0) is 0 Å². The summed E-state index contributed by atoms with van der Waals surface area (Å²) in [4.78, 5) is 10.2. The van der Waals surface area contributed by atoms with Crippen LogP contribution in [0, 0.1) is 0 Å². The van der Waals surface area contributed by atoms with Crippen molar-refractivity contribution in [1.82, 2.24) is 0 Å². The fraction of sp³-hybridized carbons (Fsp3) is 0.571. The summed E-state index contributed by atoms with van der Waals surface area (Å²) in [6.45, 7) is 1.92. The van der Waals surface area contributed by atoms with E-state index in [1.54, 1.807) is 0 Å². The summed E-state index contributed by atoms with van der Waals surface area (Å²) in [6.07, 6.45) is 0.528. The molecule has 62 valence electrons. The van der Waals surface area contributed by atoms with Crippen LogP contribution in [0.1, 0.15) is 13.3 Å². The molecule has 0 fully saturated rings. The topological polar surface area (TPSA) is 35.5 Å². The van der Waals surface area contributed by atoms with E-state index in [-0.39, 0.29) is 5.88 Å². The second-order valence-electron chi connectivity index (χ2n) is 2.07. The molecule has 1 aliphatic rings. The Morgan fingerprint density at radius 2 is 2.18 bits per heavy atom. The molecule has 0 bridgehead atoms. The summed E-state index contributed by atoms with van der Waals surface area (Å²) in [5.74, 6) is 1.51. The maximum absolute atomic E-state index is 10.2. The summed E-state index contributed by atoms with van der Waals surface area (Å²) < 4.78 is 10.1. The molecule has 0 spiro atoms. The predicted molar refractivity (Wildman–Crippen MR) is 40.1 cm³/mol. The second-order valence-corrected chi connectivity index (χ2v) is 2.34. The molecule has 0 radical (unpaired) electrons. The minimum atomic E-state index is -0.779. The number of hydrogen-bond acceptors (Lipinski definition) is 3. The number of aldehydes is 1. The molecular formula is C7H9ClO3. The Morgan fingerprint density at radius 3 is 2.55 bits per heavy atom. The van der Waals surface area contributed by atoms with E-state index in [1.165, 1.54) is 0 Å². The van der Waals surface area contributed by atoms with E-state index in [4.69, 9.17) is 21.1 Å². The van der Waals surface area contributed by atoms with Crippen LogP contribution in [0.5, 0.6) is 0 Å². The lowest BCUT2D eigenvalue weighted by molar-refractivity contribution is -0.130. The molecule has 0 saturated heterocycles. The summed E-state index contributed by atoms with van der Waals surface area (Å²) in [7, 11) is 0. The van der Waals surface area contributed by atoms with Crippen LogP contribution in [0.4, 0.5) is 0 Å². The molecule has 0 aromatic carbocycles. The van der Waals surface area contributed by atoms with Gasteiger partial charge in [-0.2, -0.15) is 0 Å². The van der Waals surface area contributed by atoms with E-state index < -0.39 is 6.29 Å². The number of rotatable bonds is 3. The molecule has 0 saturated carbocycles. The van der Waals surface area contributed by atoms with E-state index >= 15 is 0 Å². The zero-order valence-corrected chi connectivity index (χ0v) is 6.93. The Hall–Kier alpha value is -0.700. The normalized spacial score (nSPS) is 22.9. The molecule has 0 aromatic heterocycles. The zero-order valence-electron chi connectivity index (χ0n) is 6.17. The third-order valence-corrected chi connectivity index (χ3v) is 1.62. The molecule has 0 N–H and O–H groups in total. The third-order valence-electron chi connectivity index (χ3n) is 1.38. The predicted octanol–water partition coefficient (Wildman–Crippen LogP) is 1.42. The highest BCUT2D eigenvalue weighted by Gasteiger charge is 2.24. The molecule has 1 unspecified atom stereocenters. The first-order valence-corrected chi connectivity index (χ1v) is 3.91. The number of carbonyl (C=O) groups excluding carboxylic acids is 1. The number of alkyl halides is 1. The van der Waals surface area contributed by atoms with Crippen molar-refractivity contribution in [3.63, 3.8) is 0 Å². The van der Waals surface area contributed by atoms with Crippen molar-refractivity contribution in [3.05, 3.63) is 11.5 Å². The van der Waals surface area contributed by atoms with Gasteiger partial charge in [0.15, 0.2) is 5.76 Å². The number of ether oxygens (including phenoxy) is 2. The van der Waals surface area contributed by atoms with Crippen LogP contribution in [0.25, 0.3) is 0 Å². The van der Waals surface area contributed by atoms with Crippen LogP contribution in [-0.2, 0) is 14.3 Å². The largest absolute Gasteiger partial charge is 0.449 e. The Balaban J connectivity index is 2.63. The quantitative estimate of drug-likeness (QED) is 0.482. The smallest absolute Gasteiger partial charge is 0.297 e. The van der Waals surface area contributed by atoms with Crippen molar-refractivity contribution in [2.24, 2.45) is 0 Å². The van der Waals surface area contributed by atoms with Gasteiger partial charge < -0.3 is 9.47 Å². The monoisotopic (exact) mass is 176 g/mol. The van der Waals surface area contributed by atoms with Gasteiger partial charge in [-0.3, -0.25) is 4.79 Å². The van der Waals surface area contributed by atoms with Crippen LogP contribution in [-0.4, -0.2) is 18.5 Å². The van der Waals surface area contributed by atoms with Crippen molar-refractivity contribution < 1.29 is 14.3 Å². The Labute approximate surface area is 69.9 Å². The lowest BCUT2D eigenvalue weighted by Gasteiger charge is -2.01. The van der Waals surface area contributed by atoms with Gasteiger partial charge in [-0.25, -0.2) is 0 Å². The summed E-state index contributed by atoms with van der Waals surface area (Å²) >= 11 is 5.52. The van der Waals surface area contributed by atoms with Gasteiger partial charge in [-0.15, -0.1) is 11.6 Å². The van der Waals surface area contributed by atoms with Crippen molar-refractivity contribution in [2.75, 3.05) is 5.88 Å². The van der Waals surface area contributed by atoms with Crippen LogP contribution >= 0.6 is 11.6 Å². The molecule has 0 aliphatic carbocycles. The summed E-state index contributed by atoms with van der Waals surface area (Å²) in [5.41, 5.74) is 0. The van der Waals surface area contributed by atoms with Gasteiger partial charge in [0.05, 0.1) is 5.88 Å². The Bertz CT molecular complexity index is 172. The Kier molecular flexibility index (Phi) is 2.76. The molecule has 1 atom stereocenters. The lowest BCUT2D eigenvalue weighted by atomic mass is 10.3. The van der Waals surface area contributed by atoms with Crippen molar-refractivity contribution >= 4 is 17.9 Å².